The number of anilines is 2. The monoisotopic (exact) mass is 405 g/mol. The molecule has 1 saturated heterocycles. The van der Waals surface area contributed by atoms with Gasteiger partial charge in [-0.15, -0.1) is 0 Å². The molecule has 2 aromatic heterocycles. The number of nitrogens with two attached hydrogens (primary N) is 1. The molecule has 0 aliphatic carbocycles. The Bertz CT molecular complexity index is 1200. The minimum absolute atomic E-state index is 0.131. The van der Waals surface area contributed by atoms with Crippen molar-refractivity contribution >= 4 is 11.5 Å². The first-order chi connectivity index (χ1) is 14.5. The molecule has 1 unspecified atom stereocenters. The van der Waals surface area contributed by atoms with Crippen LogP contribution in [0.2, 0.25) is 0 Å². The highest BCUT2D eigenvalue weighted by Crippen LogP contribution is 2.39. The zero-order valence-corrected chi connectivity index (χ0v) is 16.6. The van der Waals surface area contributed by atoms with Gasteiger partial charge in [-0.1, -0.05) is 0 Å². The molecular formula is C21H20FN7O. The second-order valence-corrected chi connectivity index (χ2v) is 7.65. The molecule has 0 saturated carbocycles. The molecule has 2 atom stereocenters. The number of aromatic nitrogens is 4. The summed E-state index contributed by atoms with van der Waals surface area (Å²) in [6.45, 7) is 2.69. The molecule has 5 rings (SSSR count). The van der Waals surface area contributed by atoms with Gasteiger partial charge in [-0.2, -0.15) is 10.4 Å². The Morgan fingerprint density at radius 2 is 2.20 bits per heavy atom. The van der Waals surface area contributed by atoms with Crippen LogP contribution in [0.15, 0.2) is 24.4 Å². The SMILES string of the molecule is C[C@H]1Oc2nc(cnc2N)-c2c(nn(C)c2C#N)CC2CCN2c2ccc(F)cc21. The molecule has 2 N–H and O–H groups in total. The largest absolute Gasteiger partial charge is 0.467 e. The van der Waals surface area contributed by atoms with E-state index in [1.807, 2.05) is 6.92 Å². The maximum Gasteiger partial charge on any atom is 0.258 e. The Labute approximate surface area is 172 Å². The van der Waals surface area contributed by atoms with Crippen LogP contribution < -0.4 is 15.4 Å². The number of aryl methyl sites for hydroxylation is 1. The average molecular weight is 405 g/mol. The molecule has 30 heavy (non-hydrogen) atoms. The first-order valence-electron chi connectivity index (χ1n) is 9.78. The summed E-state index contributed by atoms with van der Waals surface area (Å²) in [7, 11) is 1.74. The molecule has 3 aromatic rings. The van der Waals surface area contributed by atoms with Crippen LogP contribution >= 0.6 is 0 Å². The van der Waals surface area contributed by atoms with E-state index < -0.39 is 6.10 Å². The summed E-state index contributed by atoms with van der Waals surface area (Å²) >= 11 is 0. The normalized spacial score (nSPS) is 19.7. The van der Waals surface area contributed by atoms with E-state index in [-0.39, 0.29) is 23.6 Å². The van der Waals surface area contributed by atoms with Gasteiger partial charge in [0, 0.05) is 37.3 Å². The van der Waals surface area contributed by atoms with Gasteiger partial charge in [0.2, 0.25) is 0 Å². The molecule has 1 aromatic carbocycles. The summed E-state index contributed by atoms with van der Waals surface area (Å²) in [6, 6.07) is 7.14. The predicted molar refractivity (Wildman–Crippen MR) is 108 cm³/mol. The fourth-order valence-corrected chi connectivity index (χ4v) is 4.25. The van der Waals surface area contributed by atoms with Crippen molar-refractivity contribution in [2.24, 2.45) is 7.05 Å². The molecular weight excluding hydrogens is 385 g/mol. The molecule has 0 radical (unpaired) electrons. The molecule has 0 spiro atoms. The zero-order chi connectivity index (χ0) is 21.0. The second-order valence-electron chi connectivity index (χ2n) is 7.65. The van der Waals surface area contributed by atoms with Gasteiger partial charge in [0.15, 0.2) is 5.82 Å². The van der Waals surface area contributed by atoms with Gasteiger partial charge in [0.25, 0.3) is 5.88 Å². The van der Waals surface area contributed by atoms with Gasteiger partial charge >= 0.3 is 0 Å². The number of ether oxygens (including phenoxy) is 1. The lowest BCUT2D eigenvalue weighted by molar-refractivity contribution is 0.217. The van der Waals surface area contributed by atoms with Gasteiger partial charge in [0.1, 0.15) is 23.7 Å². The van der Waals surface area contributed by atoms with E-state index in [4.69, 9.17) is 10.5 Å². The maximum atomic E-state index is 14.1. The van der Waals surface area contributed by atoms with Crippen molar-refractivity contribution in [2.45, 2.75) is 31.9 Å². The highest BCUT2D eigenvalue weighted by molar-refractivity contribution is 5.70. The number of nitriles is 1. The highest BCUT2D eigenvalue weighted by atomic mass is 19.1. The van der Waals surface area contributed by atoms with E-state index in [1.165, 1.54) is 18.3 Å². The Kier molecular flexibility index (Phi) is 4.10. The van der Waals surface area contributed by atoms with Crippen LogP contribution in [0.1, 0.15) is 36.4 Å². The molecule has 4 heterocycles. The van der Waals surface area contributed by atoms with Crippen molar-refractivity contribution < 1.29 is 9.13 Å². The zero-order valence-electron chi connectivity index (χ0n) is 16.6. The average Bonchev–Trinajstić information content (AvgIpc) is 3.02. The van der Waals surface area contributed by atoms with E-state index in [0.29, 0.717) is 23.4 Å². The number of halogens is 1. The maximum absolute atomic E-state index is 14.1. The number of nitrogens with zero attached hydrogens (tertiary/aromatic N) is 6. The Hall–Kier alpha value is -3.67. The summed E-state index contributed by atoms with van der Waals surface area (Å²) < 4.78 is 21.7. The topological polar surface area (TPSA) is 106 Å². The second kappa shape index (κ2) is 6.69. The van der Waals surface area contributed by atoms with Gasteiger partial charge in [-0.25, -0.2) is 14.4 Å². The Balaban J connectivity index is 1.73. The van der Waals surface area contributed by atoms with Crippen molar-refractivity contribution in [3.05, 3.63) is 47.2 Å². The molecule has 2 bridgehead atoms. The van der Waals surface area contributed by atoms with Crippen molar-refractivity contribution in [1.29, 1.82) is 5.26 Å². The molecule has 8 nitrogen and oxygen atoms in total. The molecule has 152 valence electrons. The van der Waals surface area contributed by atoms with Gasteiger partial charge < -0.3 is 15.4 Å². The van der Waals surface area contributed by atoms with E-state index in [2.05, 4.69) is 26.0 Å². The van der Waals surface area contributed by atoms with E-state index in [9.17, 15) is 9.65 Å². The minimum Gasteiger partial charge on any atom is -0.467 e. The number of benzene rings is 1. The summed E-state index contributed by atoms with van der Waals surface area (Å²) in [5.41, 5.74) is 9.97. The lowest BCUT2D eigenvalue weighted by Gasteiger charge is -2.44. The fraction of sp³-hybridized carbons (Fsp3) is 0.333. The van der Waals surface area contributed by atoms with Gasteiger partial charge in [-0.05, 0) is 31.5 Å². The molecule has 0 amide bonds. The van der Waals surface area contributed by atoms with Crippen LogP contribution in [0, 0.1) is 17.1 Å². The van der Waals surface area contributed by atoms with Crippen LogP contribution in [-0.2, 0) is 13.5 Å². The van der Waals surface area contributed by atoms with Gasteiger partial charge in [-0.3, -0.25) is 4.68 Å². The van der Waals surface area contributed by atoms with Crippen LogP contribution in [-0.4, -0.2) is 32.3 Å². The third-order valence-electron chi connectivity index (χ3n) is 5.85. The third-order valence-corrected chi connectivity index (χ3v) is 5.85. The Morgan fingerprint density at radius 1 is 1.37 bits per heavy atom. The fourth-order valence-electron chi connectivity index (χ4n) is 4.25. The highest BCUT2D eigenvalue weighted by Gasteiger charge is 2.34. The van der Waals surface area contributed by atoms with Crippen LogP contribution in [0.5, 0.6) is 5.88 Å². The minimum atomic E-state index is -0.493. The first kappa shape index (κ1) is 18.4. The van der Waals surface area contributed by atoms with Crippen molar-refractivity contribution in [2.75, 3.05) is 17.2 Å². The third kappa shape index (κ3) is 2.76. The van der Waals surface area contributed by atoms with Crippen LogP contribution in [0.4, 0.5) is 15.9 Å². The van der Waals surface area contributed by atoms with Crippen LogP contribution in [0.25, 0.3) is 11.3 Å². The lowest BCUT2D eigenvalue weighted by atomic mass is 9.92. The van der Waals surface area contributed by atoms with E-state index in [0.717, 1.165) is 29.9 Å². The number of fused-ring (bicyclic) bond motifs is 7. The first-order valence-corrected chi connectivity index (χ1v) is 9.78. The summed E-state index contributed by atoms with van der Waals surface area (Å²) in [6.07, 6.45) is 2.65. The molecule has 9 heteroatoms. The standard InChI is InChI=1S/C21H20FN7O/c1-11-14-7-12(22)3-4-17(14)29-6-5-13(29)8-15-19(18(9-23)28(2)27-15)16-10-25-20(24)21(26-16)30-11/h3-4,7,10-11,13H,5-6,8H2,1-2H3,(H2,24,25)/t11-,13?/m1/s1. The summed E-state index contributed by atoms with van der Waals surface area (Å²) in [5, 5.41) is 14.3. The smallest absolute Gasteiger partial charge is 0.258 e. The van der Waals surface area contributed by atoms with Gasteiger partial charge in [0.05, 0.1) is 23.1 Å². The molecule has 2 aliphatic heterocycles. The van der Waals surface area contributed by atoms with Crippen LogP contribution in [0.3, 0.4) is 0 Å². The molecule has 1 fully saturated rings. The number of hydrogen-bond acceptors (Lipinski definition) is 7. The molecule has 2 aliphatic rings. The Morgan fingerprint density at radius 3 is 2.93 bits per heavy atom. The summed E-state index contributed by atoms with van der Waals surface area (Å²) in [5.74, 6) is -0.0483. The van der Waals surface area contributed by atoms with E-state index in [1.54, 1.807) is 17.8 Å². The van der Waals surface area contributed by atoms with Crippen molar-refractivity contribution in [1.82, 2.24) is 19.7 Å². The lowest BCUT2D eigenvalue weighted by Crippen LogP contribution is -2.49. The van der Waals surface area contributed by atoms with Crippen molar-refractivity contribution in [3.8, 4) is 23.2 Å². The van der Waals surface area contributed by atoms with E-state index >= 15 is 0 Å². The quantitative estimate of drug-likeness (QED) is 0.613. The number of rotatable bonds is 0. The van der Waals surface area contributed by atoms with Crippen molar-refractivity contribution in [3.63, 3.8) is 0 Å². The number of nitrogen functional groups attached to an aromatic ring is 1. The predicted octanol–water partition coefficient (Wildman–Crippen LogP) is 2.74. The summed E-state index contributed by atoms with van der Waals surface area (Å²) in [4.78, 5) is 11.0. The number of hydrogen-bond donors (Lipinski definition) is 1.